The van der Waals surface area contributed by atoms with E-state index in [2.05, 4.69) is 12.2 Å². The highest BCUT2D eigenvalue weighted by atomic mass is 19.1. The number of nitrogens with zero attached hydrogens (tertiary/aromatic N) is 2. The molecule has 0 saturated carbocycles. The molecule has 2 heterocycles. The van der Waals surface area contributed by atoms with Crippen LogP contribution in [0.3, 0.4) is 0 Å². The summed E-state index contributed by atoms with van der Waals surface area (Å²) in [5.74, 6) is 0.144. The second kappa shape index (κ2) is 11.1. The smallest absolute Gasteiger partial charge is 0.411 e. The molecule has 4 rings (SSSR count). The summed E-state index contributed by atoms with van der Waals surface area (Å²) < 4.78 is 19.2. The second-order valence-electron chi connectivity index (χ2n) is 10.3. The Bertz CT molecular complexity index is 1100. The second-order valence-corrected chi connectivity index (χ2v) is 10.3. The number of cyclic esters (lactones) is 1. The van der Waals surface area contributed by atoms with E-state index < -0.39 is 18.2 Å². The van der Waals surface area contributed by atoms with E-state index in [9.17, 15) is 18.8 Å². The number of carbonyl (C=O) groups is 3. The van der Waals surface area contributed by atoms with Gasteiger partial charge in [-0.05, 0) is 60.1 Å². The van der Waals surface area contributed by atoms with Crippen molar-refractivity contribution in [3.05, 3.63) is 65.5 Å². The molecule has 8 heteroatoms. The zero-order valence-corrected chi connectivity index (χ0v) is 21.1. The summed E-state index contributed by atoms with van der Waals surface area (Å²) in [5.41, 5.74) is 1.92. The summed E-state index contributed by atoms with van der Waals surface area (Å²) in [6, 6.07) is 12.1. The molecule has 192 valence electrons. The third-order valence-corrected chi connectivity index (χ3v) is 6.79. The van der Waals surface area contributed by atoms with Crippen molar-refractivity contribution in [2.75, 3.05) is 18.4 Å². The molecule has 2 aliphatic rings. The average molecular weight is 496 g/mol. The highest BCUT2D eigenvalue weighted by molar-refractivity contribution is 5.91. The Labute approximate surface area is 211 Å². The van der Waals surface area contributed by atoms with Gasteiger partial charge in [-0.1, -0.05) is 45.0 Å². The Morgan fingerprint density at radius 1 is 1.11 bits per heavy atom. The van der Waals surface area contributed by atoms with Gasteiger partial charge in [-0.2, -0.15) is 0 Å². The summed E-state index contributed by atoms with van der Waals surface area (Å²) in [5, 5.41) is 2.89. The Morgan fingerprint density at radius 2 is 1.81 bits per heavy atom. The number of likely N-dealkylation sites (tertiary alicyclic amines) is 1. The van der Waals surface area contributed by atoms with Gasteiger partial charge in [0.25, 0.3) is 0 Å². The van der Waals surface area contributed by atoms with E-state index in [1.807, 2.05) is 18.7 Å². The van der Waals surface area contributed by atoms with Crippen LogP contribution in [0.25, 0.3) is 0 Å². The number of rotatable bonds is 7. The third kappa shape index (κ3) is 6.04. The molecular formula is C28H34FN3O4. The predicted molar refractivity (Wildman–Crippen MR) is 134 cm³/mol. The first-order valence-corrected chi connectivity index (χ1v) is 12.6. The van der Waals surface area contributed by atoms with E-state index in [4.69, 9.17) is 4.74 Å². The topological polar surface area (TPSA) is 79.0 Å². The summed E-state index contributed by atoms with van der Waals surface area (Å²) >= 11 is 0. The highest BCUT2D eigenvalue weighted by Crippen LogP contribution is 2.36. The molecule has 2 aromatic rings. The Kier molecular flexibility index (Phi) is 7.91. The summed E-state index contributed by atoms with van der Waals surface area (Å²) in [6.45, 7) is 7.51. The van der Waals surface area contributed by atoms with Crippen LogP contribution in [-0.2, 0) is 20.9 Å². The normalized spacial score (nSPS) is 20.5. The number of benzene rings is 2. The maximum absolute atomic E-state index is 13.8. The van der Waals surface area contributed by atoms with Crippen LogP contribution in [-0.4, -0.2) is 46.8 Å². The van der Waals surface area contributed by atoms with Gasteiger partial charge in [0, 0.05) is 25.2 Å². The molecule has 7 nitrogen and oxygen atoms in total. The molecule has 0 bridgehead atoms. The van der Waals surface area contributed by atoms with E-state index in [0.29, 0.717) is 42.2 Å². The number of nitrogens with one attached hydrogen (secondary N) is 1. The van der Waals surface area contributed by atoms with Gasteiger partial charge in [-0.15, -0.1) is 0 Å². The van der Waals surface area contributed by atoms with Gasteiger partial charge >= 0.3 is 6.09 Å². The third-order valence-electron chi connectivity index (χ3n) is 6.79. The number of anilines is 1. The van der Waals surface area contributed by atoms with Crippen molar-refractivity contribution < 1.29 is 23.5 Å². The fraction of sp³-hybridized carbons (Fsp3) is 0.464. The van der Waals surface area contributed by atoms with Crippen LogP contribution < -0.4 is 5.32 Å². The Balaban J connectivity index is 1.62. The lowest BCUT2D eigenvalue weighted by Crippen LogP contribution is -2.50. The first-order valence-electron chi connectivity index (χ1n) is 12.6. The van der Waals surface area contributed by atoms with Crippen molar-refractivity contribution >= 4 is 23.6 Å². The molecular weight excluding hydrogens is 461 g/mol. The van der Waals surface area contributed by atoms with E-state index in [1.54, 1.807) is 36.4 Å². The van der Waals surface area contributed by atoms with Crippen molar-refractivity contribution in [2.24, 2.45) is 11.8 Å². The van der Waals surface area contributed by atoms with Crippen molar-refractivity contribution in [1.29, 1.82) is 0 Å². The monoisotopic (exact) mass is 495 g/mol. The molecule has 2 aromatic carbocycles. The summed E-state index contributed by atoms with van der Waals surface area (Å²) in [7, 11) is 0. The number of carbonyl (C=O) groups excluding carboxylic acids is 3. The summed E-state index contributed by atoms with van der Waals surface area (Å²) in [6.07, 6.45) is 0.789. The molecule has 2 atom stereocenters. The van der Waals surface area contributed by atoms with Gasteiger partial charge in [-0.25, -0.2) is 9.18 Å². The quantitative estimate of drug-likeness (QED) is 0.578. The Hall–Kier alpha value is -3.42. The maximum Gasteiger partial charge on any atom is 0.411 e. The van der Waals surface area contributed by atoms with Crippen molar-refractivity contribution in [2.45, 2.75) is 58.7 Å². The molecule has 2 aliphatic heterocycles. The van der Waals surface area contributed by atoms with Gasteiger partial charge in [0.15, 0.2) is 12.1 Å². The molecule has 0 radical (unpaired) electrons. The molecule has 36 heavy (non-hydrogen) atoms. The van der Waals surface area contributed by atoms with Crippen molar-refractivity contribution in [3.63, 3.8) is 0 Å². The fourth-order valence-corrected chi connectivity index (χ4v) is 4.77. The van der Waals surface area contributed by atoms with Crippen LogP contribution in [0.1, 0.15) is 57.3 Å². The SMILES string of the molecule is CC(C)CC(=O)Nc1cccc(C2OC(=O)N(Cc3ccc(F)cc3)C2C(=O)N2CCC(C)CC2)c1. The van der Waals surface area contributed by atoms with Crippen LogP contribution in [0.2, 0.25) is 0 Å². The highest BCUT2D eigenvalue weighted by Gasteiger charge is 2.48. The molecule has 2 fully saturated rings. The number of piperidine rings is 1. The number of hydrogen-bond donors (Lipinski definition) is 1. The largest absolute Gasteiger partial charge is 0.438 e. The van der Waals surface area contributed by atoms with Crippen molar-refractivity contribution in [1.82, 2.24) is 9.80 Å². The molecule has 0 aromatic heterocycles. The molecule has 0 spiro atoms. The standard InChI is InChI=1S/C28H34FN3O4/c1-18(2)15-24(33)30-23-6-4-5-21(16-23)26-25(27(34)31-13-11-19(3)12-14-31)32(28(35)36-26)17-20-7-9-22(29)10-8-20/h4-10,16,18-19,25-26H,11-15,17H2,1-3H3,(H,30,33). The molecule has 3 amide bonds. The average Bonchev–Trinajstić information content (AvgIpc) is 3.16. The first-order chi connectivity index (χ1) is 17.2. The van der Waals surface area contributed by atoms with Crippen LogP contribution in [0.15, 0.2) is 48.5 Å². The lowest BCUT2D eigenvalue weighted by molar-refractivity contribution is -0.138. The van der Waals surface area contributed by atoms with E-state index in [1.165, 1.54) is 17.0 Å². The van der Waals surface area contributed by atoms with Gasteiger partial charge in [0.1, 0.15) is 5.82 Å². The van der Waals surface area contributed by atoms with Gasteiger partial charge in [0.05, 0.1) is 6.54 Å². The van der Waals surface area contributed by atoms with E-state index in [0.717, 1.165) is 12.8 Å². The van der Waals surface area contributed by atoms with E-state index >= 15 is 0 Å². The minimum Gasteiger partial charge on any atom is -0.438 e. The van der Waals surface area contributed by atoms with Crippen LogP contribution in [0.4, 0.5) is 14.9 Å². The molecule has 2 saturated heterocycles. The molecule has 0 aliphatic carbocycles. The lowest BCUT2D eigenvalue weighted by Gasteiger charge is -2.34. The first kappa shape index (κ1) is 25.7. The van der Waals surface area contributed by atoms with Gasteiger partial charge in [0.2, 0.25) is 11.8 Å². The minimum atomic E-state index is -0.863. The lowest BCUT2D eigenvalue weighted by atomic mass is 9.96. The zero-order chi connectivity index (χ0) is 25.8. The number of hydrogen-bond acceptors (Lipinski definition) is 4. The zero-order valence-electron chi connectivity index (χ0n) is 21.1. The fourth-order valence-electron chi connectivity index (χ4n) is 4.77. The van der Waals surface area contributed by atoms with Crippen LogP contribution >= 0.6 is 0 Å². The number of amides is 3. The molecule has 1 N–H and O–H groups in total. The van der Waals surface area contributed by atoms with Gasteiger partial charge in [-0.3, -0.25) is 14.5 Å². The number of ether oxygens (including phenoxy) is 1. The maximum atomic E-state index is 13.8. The van der Waals surface area contributed by atoms with E-state index in [-0.39, 0.29) is 30.1 Å². The number of halogens is 1. The minimum absolute atomic E-state index is 0.0986. The molecule has 2 unspecified atom stereocenters. The summed E-state index contributed by atoms with van der Waals surface area (Å²) in [4.78, 5) is 42.4. The van der Waals surface area contributed by atoms with Gasteiger partial charge < -0.3 is 15.0 Å². The Morgan fingerprint density at radius 3 is 2.47 bits per heavy atom. The van der Waals surface area contributed by atoms with Crippen LogP contribution in [0.5, 0.6) is 0 Å². The van der Waals surface area contributed by atoms with Crippen LogP contribution in [0, 0.1) is 17.7 Å². The van der Waals surface area contributed by atoms with Crippen molar-refractivity contribution in [3.8, 4) is 0 Å². The predicted octanol–water partition coefficient (Wildman–Crippen LogP) is 5.13.